The van der Waals surface area contributed by atoms with Crippen molar-refractivity contribution in [2.24, 2.45) is 0 Å². The Bertz CT molecular complexity index is 486. The standard InChI is InChI=1S/C9H9N3O3/c1-6-2-7(15-11-6)3-12-4-8(9(13)14)10-5-12/h2,4-5H,3H2,1H3,(H,13,14). The van der Waals surface area contributed by atoms with Crippen LogP contribution in [0.1, 0.15) is 21.9 Å². The van der Waals surface area contributed by atoms with Gasteiger partial charge in [0, 0.05) is 12.3 Å². The molecule has 0 spiro atoms. The minimum atomic E-state index is -1.04. The molecule has 0 atom stereocenters. The maximum atomic E-state index is 10.6. The molecule has 0 saturated carbocycles. The van der Waals surface area contributed by atoms with Crippen LogP contribution in [0.3, 0.4) is 0 Å². The van der Waals surface area contributed by atoms with Crippen molar-refractivity contribution in [3.63, 3.8) is 0 Å². The van der Waals surface area contributed by atoms with Crippen molar-refractivity contribution in [1.82, 2.24) is 14.7 Å². The van der Waals surface area contributed by atoms with Crippen LogP contribution >= 0.6 is 0 Å². The van der Waals surface area contributed by atoms with Crippen molar-refractivity contribution in [3.05, 3.63) is 35.7 Å². The quantitative estimate of drug-likeness (QED) is 0.809. The summed E-state index contributed by atoms with van der Waals surface area (Å²) in [7, 11) is 0. The molecule has 0 fully saturated rings. The van der Waals surface area contributed by atoms with Gasteiger partial charge in [-0.05, 0) is 6.92 Å². The molecule has 2 rings (SSSR count). The second-order valence-electron chi connectivity index (χ2n) is 3.17. The fourth-order valence-electron chi connectivity index (χ4n) is 1.23. The summed E-state index contributed by atoms with van der Waals surface area (Å²) in [5.41, 5.74) is 0.815. The van der Waals surface area contributed by atoms with Gasteiger partial charge in [0.15, 0.2) is 11.5 Å². The van der Waals surface area contributed by atoms with Gasteiger partial charge < -0.3 is 14.2 Å². The predicted molar refractivity (Wildman–Crippen MR) is 49.5 cm³/mol. The Kier molecular flexibility index (Phi) is 2.24. The van der Waals surface area contributed by atoms with Gasteiger partial charge in [-0.1, -0.05) is 5.16 Å². The van der Waals surface area contributed by atoms with Gasteiger partial charge in [0.05, 0.1) is 18.6 Å². The van der Waals surface area contributed by atoms with Gasteiger partial charge in [-0.2, -0.15) is 0 Å². The molecule has 6 nitrogen and oxygen atoms in total. The molecule has 2 aromatic rings. The third-order valence-electron chi connectivity index (χ3n) is 1.87. The fraction of sp³-hybridized carbons (Fsp3) is 0.222. The van der Waals surface area contributed by atoms with Crippen LogP contribution in [0, 0.1) is 6.92 Å². The lowest BCUT2D eigenvalue weighted by Crippen LogP contribution is -1.97. The minimum Gasteiger partial charge on any atom is -0.476 e. The molecular formula is C9H9N3O3. The summed E-state index contributed by atoms with van der Waals surface area (Å²) in [6.07, 6.45) is 2.89. The molecule has 0 bridgehead atoms. The maximum Gasteiger partial charge on any atom is 0.356 e. The first-order valence-electron chi connectivity index (χ1n) is 4.32. The van der Waals surface area contributed by atoms with Crippen molar-refractivity contribution in [3.8, 4) is 0 Å². The number of carboxylic acids is 1. The molecule has 78 valence electrons. The van der Waals surface area contributed by atoms with Crippen LogP contribution in [0.25, 0.3) is 0 Å². The Morgan fingerprint density at radius 2 is 2.47 bits per heavy atom. The van der Waals surface area contributed by atoms with Crippen LogP contribution in [0.2, 0.25) is 0 Å². The summed E-state index contributed by atoms with van der Waals surface area (Å²) in [6, 6.07) is 1.79. The van der Waals surface area contributed by atoms with E-state index in [1.165, 1.54) is 12.5 Å². The zero-order valence-corrected chi connectivity index (χ0v) is 8.04. The maximum absolute atomic E-state index is 10.6. The lowest BCUT2D eigenvalue weighted by atomic mass is 10.4. The Hall–Kier alpha value is -2.11. The molecule has 0 radical (unpaired) electrons. The highest BCUT2D eigenvalue weighted by molar-refractivity contribution is 5.84. The smallest absolute Gasteiger partial charge is 0.356 e. The number of aromatic carboxylic acids is 1. The molecule has 15 heavy (non-hydrogen) atoms. The van der Waals surface area contributed by atoms with Crippen molar-refractivity contribution < 1.29 is 14.4 Å². The van der Waals surface area contributed by atoms with Gasteiger partial charge in [-0.3, -0.25) is 0 Å². The van der Waals surface area contributed by atoms with E-state index in [-0.39, 0.29) is 5.69 Å². The molecule has 0 aliphatic rings. The van der Waals surface area contributed by atoms with Crippen LogP contribution in [0.5, 0.6) is 0 Å². The Labute approximate surface area is 85.1 Å². The summed E-state index contributed by atoms with van der Waals surface area (Å²) >= 11 is 0. The van der Waals surface area contributed by atoms with Gasteiger partial charge in [0.1, 0.15) is 0 Å². The Morgan fingerprint density at radius 1 is 1.67 bits per heavy atom. The highest BCUT2D eigenvalue weighted by Gasteiger charge is 2.08. The summed E-state index contributed by atoms with van der Waals surface area (Å²) in [5, 5.41) is 12.4. The van der Waals surface area contributed by atoms with E-state index in [1.807, 2.05) is 6.92 Å². The molecule has 0 amide bonds. The summed E-state index contributed by atoms with van der Waals surface area (Å²) in [4.78, 5) is 14.3. The first kappa shape index (κ1) is 9.45. The molecule has 0 unspecified atom stereocenters. The van der Waals surface area contributed by atoms with Crippen molar-refractivity contribution >= 4 is 5.97 Å². The highest BCUT2D eigenvalue weighted by atomic mass is 16.5. The van der Waals surface area contributed by atoms with Crippen LogP contribution in [-0.4, -0.2) is 25.8 Å². The second kappa shape index (κ2) is 3.56. The number of carbonyl (C=O) groups is 1. The molecule has 0 aliphatic carbocycles. The van der Waals surface area contributed by atoms with E-state index in [4.69, 9.17) is 9.63 Å². The molecule has 0 aliphatic heterocycles. The third-order valence-corrected chi connectivity index (χ3v) is 1.87. The number of imidazole rings is 1. The van der Waals surface area contributed by atoms with E-state index in [0.29, 0.717) is 12.3 Å². The summed E-state index contributed by atoms with van der Waals surface area (Å²) in [5.74, 6) is -0.371. The van der Waals surface area contributed by atoms with E-state index < -0.39 is 5.97 Å². The molecular weight excluding hydrogens is 198 g/mol. The van der Waals surface area contributed by atoms with Crippen molar-refractivity contribution in [2.75, 3.05) is 0 Å². The van der Waals surface area contributed by atoms with Gasteiger partial charge in [0.25, 0.3) is 0 Å². The molecule has 2 heterocycles. The minimum absolute atomic E-state index is 0.0197. The first-order valence-corrected chi connectivity index (χ1v) is 4.32. The molecule has 0 saturated heterocycles. The van der Waals surface area contributed by atoms with E-state index in [1.54, 1.807) is 10.6 Å². The number of hydrogen-bond donors (Lipinski definition) is 1. The number of carboxylic acid groups (broad SMARTS) is 1. The number of aromatic nitrogens is 3. The zero-order chi connectivity index (χ0) is 10.8. The van der Waals surface area contributed by atoms with Crippen molar-refractivity contribution in [2.45, 2.75) is 13.5 Å². The lowest BCUT2D eigenvalue weighted by Gasteiger charge is -1.94. The number of aryl methyl sites for hydroxylation is 1. The van der Waals surface area contributed by atoms with Crippen LogP contribution in [-0.2, 0) is 6.54 Å². The van der Waals surface area contributed by atoms with E-state index in [9.17, 15) is 4.79 Å². The Morgan fingerprint density at radius 3 is 3.00 bits per heavy atom. The average Bonchev–Trinajstić information content (AvgIpc) is 2.76. The molecule has 6 heteroatoms. The lowest BCUT2D eigenvalue weighted by molar-refractivity contribution is 0.0691. The third kappa shape index (κ3) is 2.04. The second-order valence-corrected chi connectivity index (χ2v) is 3.17. The normalized spacial score (nSPS) is 10.5. The summed E-state index contributed by atoms with van der Waals surface area (Å²) in [6.45, 7) is 2.25. The summed E-state index contributed by atoms with van der Waals surface area (Å²) < 4.78 is 6.62. The van der Waals surface area contributed by atoms with Crippen molar-refractivity contribution in [1.29, 1.82) is 0 Å². The molecule has 1 N–H and O–H groups in total. The molecule has 0 aromatic carbocycles. The number of nitrogens with zero attached hydrogens (tertiary/aromatic N) is 3. The number of rotatable bonds is 3. The van der Waals surface area contributed by atoms with Crippen LogP contribution in [0.15, 0.2) is 23.1 Å². The van der Waals surface area contributed by atoms with Gasteiger partial charge in [0.2, 0.25) is 0 Å². The van der Waals surface area contributed by atoms with Gasteiger partial charge in [-0.25, -0.2) is 9.78 Å². The monoisotopic (exact) mass is 207 g/mol. The van der Waals surface area contributed by atoms with E-state index in [2.05, 4.69) is 10.1 Å². The highest BCUT2D eigenvalue weighted by Crippen LogP contribution is 2.05. The average molecular weight is 207 g/mol. The Balaban J connectivity index is 2.14. The van der Waals surface area contributed by atoms with Crippen LogP contribution in [0.4, 0.5) is 0 Å². The largest absolute Gasteiger partial charge is 0.476 e. The van der Waals surface area contributed by atoms with Gasteiger partial charge >= 0.3 is 5.97 Å². The fourth-order valence-corrected chi connectivity index (χ4v) is 1.23. The van der Waals surface area contributed by atoms with Gasteiger partial charge in [-0.15, -0.1) is 0 Å². The predicted octanol–water partition coefficient (Wildman–Crippen LogP) is 0.926. The first-order chi connectivity index (χ1) is 7.15. The number of hydrogen-bond acceptors (Lipinski definition) is 4. The topological polar surface area (TPSA) is 81.2 Å². The van der Waals surface area contributed by atoms with E-state index >= 15 is 0 Å². The van der Waals surface area contributed by atoms with Crippen LogP contribution < -0.4 is 0 Å². The molecule has 2 aromatic heterocycles. The van der Waals surface area contributed by atoms with E-state index in [0.717, 1.165) is 5.69 Å². The SMILES string of the molecule is Cc1cc(Cn2cnc(C(=O)O)c2)on1. The zero-order valence-electron chi connectivity index (χ0n) is 8.04.